The average Bonchev–Trinajstić information content (AvgIpc) is 2.75. The quantitative estimate of drug-likeness (QED) is 0.823. The Morgan fingerprint density at radius 1 is 1.24 bits per heavy atom. The van der Waals surface area contributed by atoms with Gasteiger partial charge in [0.25, 0.3) is 0 Å². The van der Waals surface area contributed by atoms with E-state index in [4.69, 9.17) is 0 Å². The zero-order chi connectivity index (χ0) is 12.3. The third-order valence-corrected chi connectivity index (χ3v) is 4.01. The Labute approximate surface area is 105 Å². The van der Waals surface area contributed by atoms with Crippen LogP contribution in [-0.2, 0) is 19.3 Å². The van der Waals surface area contributed by atoms with E-state index in [1.54, 1.807) is 0 Å². The molecule has 0 spiro atoms. The Kier molecular flexibility index (Phi) is 4.22. The molecular weight excluding hydrogens is 208 g/mol. The maximum Gasteiger partial charge on any atom is 0.0583 e. The first-order valence-corrected chi connectivity index (χ1v) is 6.97. The SMILES string of the molecule is CCC(C)CC(O)Cc1ccc2c(c1)CCC2. The summed E-state index contributed by atoms with van der Waals surface area (Å²) in [4.78, 5) is 0. The van der Waals surface area contributed by atoms with E-state index >= 15 is 0 Å². The number of aryl methyl sites for hydroxylation is 2. The van der Waals surface area contributed by atoms with Gasteiger partial charge < -0.3 is 5.11 Å². The van der Waals surface area contributed by atoms with Crippen molar-refractivity contribution in [2.75, 3.05) is 0 Å². The van der Waals surface area contributed by atoms with Crippen LogP contribution in [0.5, 0.6) is 0 Å². The normalized spacial score (nSPS) is 17.8. The van der Waals surface area contributed by atoms with E-state index in [2.05, 4.69) is 32.0 Å². The summed E-state index contributed by atoms with van der Waals surface area (Å²) in [6, 6.07) is 6.76. The van der Waals surface area contributed by atoms with Crippen molar-refractivity contribution in [1.29, 1.82) is 0 Å². The van der Waals surface area contributed by atoms with Gasteiger partial charge in [-0.05, 0) is 54.7 Å². The fraction of sp³-hybridized carbons (Fsp3) is 0.625. The van der Waals surface area contributed by atoms with E-state index in [-0.39, 0.29) is 6.10 Å². The lowest BCUT2D eigenvalue weighted by atomic mass is 9.95. The largest absolute Gasteiger partial charge is 0.393 e. The zero-order valence-electron chi connectivity index (χ0n) is 11.1. The van der Waals surface area contributed by atoms with Crippen LogP contribution in [0.15, 0.2) is 18.2 Å². The molecule has 1 nitrogen and oxygen atoms in total. The predicted octanol–water partition coefficient (Wildman–Crippen LogP) is 3.51. The van der Waals surface area contributed by atoms with Crippen LogP contribution in [0.2, 0.25) is 0 Å². The molecule has 1 aromatic rings. The summed E-state index contributed by atoms with van der Waals surface area (Å²) in [6.45, 7) is 4.40. The smallest absolute Gasteiger partial charge is 0.0583 e. The second-order valence-corrected chi connectivity index (χ2v) is 5.56. The van der Waals surface area contributed by atoms with Crippen LogP contribution >= 0.6 is 0 Å². The first-order chi connectivity index (χ1) is 8.19. The number of aliphatic hydroxyl groups excluding tert-OH is 1. The van der Waals surface area contributed by atoms with Gasteiger partial charge in [-0.1, -0.05) is 38.5 Å². The summed E-state index contributed by atoms with van der Waals surface area (Å²) in [7, 11) is 0. The van der Waals surface area contributed by atoms with Gasteiger partial charge in [0.2, 0.25) is 0 Å². The van der Waals surface area contributed by atoms with Gasteiger partial charge in [0.1, 0.15) is 0 Å². The number of aliphatic hydroxyl groups is 1. The second kappa shape index (κ2) is 5.68. The van der Waals surface area contributed by atoms with E-state index in [0.29, 0.717) is 5.92 Å². The van der Waals surface area contributed by atoms with Gasteiger partial charge in [0.15, 0.2) is 0 Å². The monoisotopic (exact) mass is 232 g/mol. The Hall–Kier alpha value is -0.820. The Morgan fingerprint density at radius 2 is 2.00 bits per heavy atom. The van der Waals surface area contributed by atoms with E-state index in [1.165, 1.54) is 36.0 Å². The minimum Gasteiger partial charge on any atom is -0.393 e. The highest BCUT2D eigenvalue weighted by atomic mass is 16.3. The van der Waals surface area contributed by atoms with Crippen LogP contribution in [0.25, 0.3) is 0 Å². The van der Waals surface area contributed by atoms with E-state index in [1.807, 2.05) is 0 Å². The molecular formula is C16H24O. The summed E-state index contributed by atoms with van der Waals surface area (Å²) in [5.74, 6) is 0.624. The zero-order valence-corrected chi connectivity index (χ0v) is 11.1. The van der Waals surface area contributed by atoms with Crippen LogP contribution in [0, 0.1) is 5.92 Å². The van der Waals surface area contributed by atoms with Gasteiger partial charge in [0.05, 0.1) is 6.10 Å². The van der Waals surface area contributed by atoms with Gasteiger partial charge in [0, 0.05) is 0 Å². The number of hydrogen-bond donors (Lipinski definition) is 1. The van der Waals surface area contributed by atoms with E-state index in [0.717, 1.165) is 19.3 Å². The van der Waals surface area contributed by atoms with Crippen molar-refractivity contribution in [3.63, 3.8) is 0 Å². The molecule has 1 N–H and O–H groups in total. The highest BCUT2D eigenvalue weighted by Gasteiger charge is 2.13. The maximum atomic E-state index is 10.1. The topological polar surface area (TPSA) is 20.2 Å². The number of rotatable bonds is 5. The predicted molar refractivity (Wildman–Crippen MR) is 72.2 cm³/mol. The molecule has 0 saturated heterocycles. The molecule has 94 valence electrons. The summed E-state index contributed by atoms with van der Waals surface area (Å²) < 4.78 is 0. The van der Waals surface area contributed by atoms with Gasteiger partial charge in [-0.2, -0.15) is 0 Å². The average molecular weight is 232 g/mol. The molecule has 0 radical (unpaired) electrons. The van der Waals surface area contributed by atoms with Crippen LogP contribution in [-0.4, -0.2) is 11.2 Å². The third-order valence-electron chi connectivity index (χ3n) is 4.01. The van der Waals surface area contributed by atoms with E-state index in [9.17, 15) is 5.11 Å². The Morgan fingerprint density at radius 3 is 2.76 bits per heavy atom. The van der Waals surface area contributed by atoms with Crippen molar-refractivity contribution in [3.8, 4) is 0 Å². The molecule has 0 saturated carbocycles. The van der Waals surface area contributed by atoms with E-state index < -0.39 is 0 Å². The van der Waals surface area contributed by atoms with Gasteiger partial charge in [-0.3, -0.25) is 0 Å². The van der Waals surface area contributed by atoms with Crippen LogP contribution in [0.4, 0.5) is 0 Å². The third kappa shape index (κ3) is 3.32. The summed E-state index contributed by atoms with van der Waals surface area (Å²) >= 11 is 0. The minimum atomic E-state index is -0.176. The van der Waals surface area contributed by atoms with Crippen molar-refractivity contribution >= 4 is 0 Å². The highest BCUT2D eigenvalue weighted by Crippen LogP contribution is 2.24. The van der Waals surface area contributed by atoms with Gasteiger partial charge in [-0.25, -0.2) is 0 Å². The van der Waals surface area contributed by atoms with Gasteiger partial charge >= 0.3 is 0 Å². The first-order valence-electron chi connectivity index (χ1n) is 6.97. The lowest BCUT2D eigenvalue weighted by Crippen LogP contribution is -2.14. The fourth-order valence-corrected chi connectivity index (χ4v) is 2.74. The molecule has 0 amide bonds. The molecule has 0 heterocycles. The fourth-order valence-electron chi connectivity index (χ4n) is 2.74. The van der Waals surface area contributed by atoms with Crippen LogP contribution < -0.4 is 0 Å². The summed E-state index contributed by atoms with van der Waals surface area (Å²) in [5, 5.41) is 10.1. The van der Waals surface area contributed by atoms with Crippen LogP contribution in [0.3, 0.4) is 0 Å². The van der Waals surface area contributed by atoms with Gasteiger partial charge in [-0.15, -0.1) is 0 Å². The number of benzene rings is 1. The highest BCUT2D eigenvalue weighted by molar-refractivity contribution is 5.35. The number of fused-ring (bicyclic) bond motifs is 1. The molecule has 17 heavy (non-hydrogen) atoms. The van der Waals surface area contributed by atoms with Crippen LogP contribution in [0.1, 0.15) is 49.8 Å². The minimum absolute atomic E-state index is 0.176. The first kappa shape index (κ1) is 12.6. The number of hydrogen-bond acceptors (Lipinski definition) is 1. The lowest BCUT2D eigenvalue weighted by molar-refractivity contribution is 0.144. The van der Waals surface area contributed by atoms with Crippen molar-refractivity contribution < 1.29 is 5.11 Å². The second-order valence-electron chi connectivity index (χ2n) is 5.56. The molecule has 1 aliphatic carbocycles. The molecule has 1 aromatic carbocycles. The molecule has 0 fully saturated rings. The van der Waals surface area contributed by atoms with Crippen molar-refractivity contribution in [2.24, 2.45) is 5.92 Å². The molecule has 0 aromatic heterocycles. The van der Waals surface area contributed by atoms with Crippen molar-refractivity contribution in [2.45, 2.75) is 58.5 Å². The van der Waals surface area contributed by atoms with Crippen molar-refractivity contribution in [1.82, 2.24) is 0 Å². The standard InChI is InChI=1S/C16H24O/c1-3-12(2)9-16(17)11-13-7-8-14-5-4-6-15(14)10-13/h7-8,10,12,16-17H,3-6,9,11H2,1-2H3. The van der Waals surface area contributed by atoms with Crippen molar-refractivity contribution in [3.05, 3.63) is 34.9 Å². The molecule has 2 unspecified atom stereocenters. The molecule has 1 aliphatic rings. The summed E-state index contributed by atoms with van der Waals surface area (Å²) in [5.41, 5.74) is 4.34. The molecule has 0 aliphatic heterocycles. The molecule has 2 atom stereocenters. The molecule has 0 bridgehead atoms. The summed E-state index contributed by atoms with van der Waals surface area (Å²) in [6.07, 6.45) is 6.49. The molecule has 2 rings (SSSR count). The lowest BCUT2D eigenvalue weighted by Gasteiger charge is -2.15. The molecule has 1 heteroatoms. The Balaban J connectivity index is 1.94. The Bertz CT molecular complexity index is 370. The maximum absolute atomic E-state index is 10.1.